The molecule has 0 radical (unpaired) electrons. The second kappa shape index (κ2) is 7.07. The van der Waals surface area contributed by atoms with E-state index < -0.39 is 14.9 Å². The highest BCUT2D eigenvalue weighted by atomic mass is 35.5. The average Bonchev–Trinajstić information content (AvgIpc) is 2.52. The molecule has 2 rings (SSSR count). The summed E-state index contributed by atoms with van der Waals surface area (Å²) in [6.45, 7) is 3.15. The number of methoxy groups -OCH3 is 1. The molecule has 10 heteroatoms. The number of sulfonamides is 1. The molecule has 7 nitrogen and oxygen atoms in total. The number of benzene rings is 2. The molecule has 25 heavy (non-hydrogen) atoms. The van der Waals surface area contributed by atoms with Gasteiger partial charge in [0.25, 0.3) is 15.7 Å². The van der Waals surface area contributed by atoms with Crippen LogP contribution in [0.1, 0.15) is 11.1 Å². The first-order valence-corrected chi connectivity index (χ1v) is 9.13. The first-order valence-electron chi connectivity index (χ1n) is 6.89. The van der Waals surface area contributed by atoms with Gasteiger partial charge in [0.1, 0.15) is 10.6 Å². The highest BCUT2D eigenvalue weighted by Gasteiger charge is 2.26. The van der Waals surface area contributed by atoms with Gasteiger partial charge in [-0.2, -0.15) is 0 Å². The molecule has 1 N–H and O–H groups in total. The van der Waals surface area contributed by atoms with E-state index in [4.69, 9.17) is 27.9 Å². The quantitative estimate of drug-likeness (QED) is 0.590. The minimum atomic E-state index is -4.16. The van der Waals surface area contributed by atoms with E-state index >= 15 is 0 Å². The maximum absolute atomic E-state index is 12.8. The molecule has 0 amide bonds. The fourth-order valence-electron chi connectivity index (χ4n) is 2.22. The molecule has 0 heterocycles. The van der Waals surface area contributed by atoms with Gasteiger partial charge in [-0.15, -0.1) is 0 Å². The number of anilines is 1. The van der Waals surface area contributed by atoms with Gasteiger partial charge in [-0.05, 0) is 37.1 Å². The summed E-state index contributed by atoms with van der Waals surface area (Å²) >= 11 is 12.2. The van der Waals surface area contributed by atoms with Gasteiger partial charge >= 0.3 is 0 Å². The molecule has 134 valence electrons. The van der Waals surface area contributed by atoms with Crippen LogP contribution in [0.2, 0.25) is 10.0 Å². The van der Waals surface area contributed by atoms with Crippen LogP contribution in [-0.2, 0) is 10.0 Å². The zero-order chi connectivity index (χ0) is 18.9. The van der Waals surface area contributed by atoms with Gasteiger partial charge in [0.15, 0.2) is 0 Å². The Hall–Kier alpha value is -2.03. The largest absolute Gasteiger partial charge is 0.495 e. The smallest absolute Gasteiger partial charge is 0.271 e. The maximum Gasteiger partial charge on any atom is 0.271 e. The second-order valence-electron chi connectivity index (χ2n) is 5.19. The molecule has 0 atom stereocenters. The Morgan fingerprint density at radius 2 is 1.84 bits per heavy atom. The molecular weight excluding hydrogens is 391 g/mol. The van der Waals surface area contributed by atoms with E-state index in [9.17, 15) is 18.5 Å². The molecule has 0 aliphatic rings. The Kier molecular flexibility index (Phi) is 5.46. The van der Waals surface area contributed by atoms with Gasteiger partial charge in [-0.1, -0.05) is 23.2 Å². The third-order valence-electron chi connectivity index (χ3n) is 3.49. The number of nitro benzene ring substituents is 1. The van der Waals surface area contributed by atoms with Crippen molar-refractivity contribution >= 4 is 44.6 Å². The Morgan fingerprint density at radius 3 is 2.40 bits per heavy atom. The Balaban J connectivity index is 2.61. The molecule has 0 saturated heterocycles. The lowest BCUT2D eigenvalue weighted by Gasteiger charge is -2.16. The summed E-state index contributed by atoms with van der Waals surface area (Å²) in [7, 11) is -2.84. The van der Waals surface area contributed by atoms with Crippen LogP contribution in [0.15, 0.2) is 29.2 Å². The van der Waals surface area contributed by atoms with E-state index in [1.54, 1.807) is 13.0 Å². The van der Waals surface area contributed by atoms with E-state index in [0.717, 1.165) is 6.07 Å². The van der Waals surface area contributed by atoms with Crippen molar-refractivity contribution in [2.45, 2.75) is 18.7 Å². The fraction of sp³-hybridized carbons (Fsp3) is 0.200. The van der Waals surface area contributed by atoms with Gasteiger partial charge in [0, 0.05) is 17.2 Å². The number of halogens is 2. The summed E-state index contributed by atoms with van der Waals surface area (Å²) in [6.07, 6.45) is 0. The normalized spacial score (nSPS) is 11.2. The average molecular weight is 405 g/mol. The minimum Gasteiger partial charge on any atom is -0.495 e. The number of rotatable bonds is 5. The van der Waals surface area contributed by atoms with Crippen molar-refractivity contribution in [2.75, 3.05) is 11.8 Å². The molecule has 0 aromatic heterocycles. The van der Waals surface area contributed by atoms with E-state index in [-0.39, 0.29) is 37.6 Å². The predicted octanol–water partition coefficient (Wildman–Crippen LogP) is 4.33. The molecular formula is C15H14Cl2N2O5S. The van der Waals surface area contributed by atoms with Crippen molar-refractivity contribution in [1.29, 1.82) is 0 Å². The lowest BCUT2D eigenvalue weighted by Crippen LogP contribution is -2.16. The van der Waals surface area contributed by atoms with Gasteiger partial charge in [-0.25, -0.2) is 8.42 Å². The zero-order valence-corrected chi connectivity index (χ0v) is 15.8. The molecule has 0 aliphatic carbocycles. The second-order valence-corrected chi connectivity index (χ2v) is 7.60. The number of hydrogen-bond donors (Lipinski definition) is 1. The molecule has 2 aromatic carbocycles. The molecule has 0 spiro atoms. The molecule has 2 aromatic rings. The lowest BCUT2D eigenvalue weighted by atomic mass is 10.2. The van der Waals surface area contributed by atoms with Gasteiger partial charge in [0.2, 0.25) is 0 Å². The molecule has 0 fully saturated rings. The van der Waals surface area contributed by atoms with E-state index in [2.05, 4.69) is 4.72 Å². The third-order valence-corrected chi connectivity index (χ3v) is 6.02. The summed E-state index contributed by atoms with van der Waals surface area (Å²) in [5.41, 5.74) is 0.395. The van der Waals surface area contributed by atoms with Gasteiger partial charge in [-0.3, -0.25) is 14.8 Å². The number of hydrogen-bond acceptors (Lipinski definition) is 5. The van der Waals surface area contributed by atoms with Crippen molar-refractivity contribution < 1.29 is 18.1 Å². The van der Waals surface area contributed by atoms with Crippen LogP contribution >= 0.6 is 23.2 Å². The van der Waals surface area contributed by atoms with Crippen LogP contribution in [0.4, 0.5) is 11.4 Å². The lowest BCUT2D eigenvalue weighted by molar-refractivity contribution is -0.384. The monoisotopic (exact) mass is 404 g/mol. The summed E-state index contributed by atoms with van der Waals surface area (Å²) in [5, 5.41) is 11.2. The summed E-state index contributed by atoms with van der Waals surface area (Å²) in [5.74, 6) is 0.127. The molecule has 0 aliphatic heterocycles. The Morgan fingerprint density at radius 1 is 1.20 bits per heavy atom. The predicted molar refractivity (Wildman–Crippen MR) is 96.4 cm³/mol. The number of ether oxygens (including phenoxy) is 1. The number of nitro groups is 1. The van der Waals surface area contributed by atoms with Crippen LogP contribution in [0.25, 0.3) is 0 Å². The number of nitrogens with zero attached hydrogens (tertiary/aromatic N) is 1. The summed E-state index contributed by atoms with van der Waals surface area (Å²) < 4.78 is 33.0. The first-order chi connectivity index (χ1) is 11.6. The first kappa shape index (κ1) is 19.3. The van der Waals surface area contributed by atoms with Crippen molar-refractivity contribution in [3.05, 3.63) is 55.6 Å². The van der Waals surface area contributed by atoms with Crippen LogP contribution in [-0.4, -0.2) is 20.5 Å². The van der Waals surface area contributed by atoms with Crippen molar-refractivity contribution in [2.24, 2.45) is 0 Å². The van der Waals surface area contributed by atoms with Crippen molar-refractivity contribution in [1.82, 2.24) is 0 Å². The Labute approximate surface area is 154 Å². The summed E-state index contributed by atoms with van der Waals surface area (Å²) in [6, 6.07) is 5.13. The number of aryl methyl sites for hydroxylation is 1. The maximum atomic E-state index is 12.8. The standard InChI is InChI=1S/C15H14Cl2N2O5S/c1-8-6-11(16)9(2)15(14(8)17)25(22,23)18-12-7-10(19(20)21)4-5-13(12)24-3/h4-7,18H,1-3H3. The van der Waals surface area contributed by atoms with Crippen LogP contribution in [0, 0.1) is 24.0 Å². The van der Waals surface area contributed by atoms with Crippen molar-refractivity contribution in [3.8, 4) is 5.75 Å². The molecule has 0 unspecified atom stereocenters. The summed E-state index contributed by atoms with van der Waals surface area (Å²) in [4.78, 5) is 10.1. The topological polar surface area (TPSA) is 98.5 Å². The fourth-order valence-corrected chi connectivity index (χ4v) is 4.49. The van der Waals surface area contributed by atoms with E-state index in [1.165, 1.54) is 26.2 Å². The number of non-ortho nitro benzene ring substituents is 1. The highest BCUT2D eigenvalue weighted by molar-refractivity contribution is 7.93. The Bertz CT molecular complexity index is 935. The number of nitrogens with one attached hydrogen (secondary N) is 1. The third kappa shape index (κ3) is 3.81. The van der Waals surface area contributed by atoms with E-state index in [0.29, 0.717) is 5.56 Å². The van der Waals surface area contributed by atoms with Crippen LogP contribution in [0.3, 0.4) is 0 Å². The van der Waals surface area contributed by atoms with Crippen LogP contribution < -0.4 is 9.46 Å². The van der Waals surface area contributed by atoms with Crippen molar-refractivity contribution in [3.63, 3.8) is 0 Å². The molecule has 0 saturated carbocycles. The molecule has 0 bridgehead atoms. The van der Waals surface area contributed by atoms with E-state index in [1.807, 2.05) is 0 Å². The van der Waals surface area contributed by atoms with Crippen LogP contribution in [0.5, 0.6) is 5.75 Å². The zero-order valence-electron chi connectivity index (χ0n) is 13.5. The van der Waals surface area contributed by atoms with Gasteiger partial charge in [0.05, 0.1) is 22.7 Å². The highest BCUT2D eigenvalue weighted by Crippen LogP contribution is 2.36. The van der Waals surface area contributed by atoms with Gasteiger partial charge < -0.3 is 4.74 Å². The minimum absolute atomic E-state index is 0.0267. The SMILES string of the molecule is COc1ccc([N+](=O)[O-])cc1NS(=O)(=O)c1c(C)c(Cl)cc(C)c1Cl.